The summed E-state index contributed by atoms with van der Waals surface area (Å²) in [6, 6.07) is 15.9. The quantitative estimate of drug-likeness (QED) is 0.700. The number of aromatic nitrogens is 2. The van der Waals surface area contributed by atoms with Crippen molar-refractivity contribution >= 4 is 22.6 Å². The van der Waals surface area contributed by atoms with E-state index in [0.717, 1.165) is 41.3 Å². The molecule has 2 aromatic carbocycles. The maximum absolute atomic E-state index is 12.7. The van der Waals surface area contributed by atoms with E-state index in [4.69, 9.17) is 9.72 Å². The highest BCUT2D eigenvalue weighted by Crippen LogP contribution is 2.34. The fourth-order valence-corrected chi connectivity index (χ4v) is 3.77. The Morgan fingerprint density at radius 3 is 2.85 bits per heavy atom. The summed E-state index contributed by atoms with van der Waals surface area (Å²) in [7, 11) is 1.64. The third-order valence-electron chi connectivity index (χ3n) is 4.99. The van der Waals surface area contributed by atoms with Gasteiger partial charge in [-0.1, -0.05) is 25.1 Å². The number of anilines is 1. The van der Waals surface area contributed by atoms with E-state index in [9.17, 15) is 4.79 Å². The maximum atomic E-state index is 12.7. The molecule has 0 bridgehead atoms. The first kappa shape index (κ1) is 16.6. The number of amides is 1. The van der Waals surface area contributed by atoms with Gasteiger partial charge in [0.15, 0.2) is 0 Å². The third-order valence-corrected chi connectivity index (χ3v) is 4.99. The van der Waals surface area contributed by atoms with Gasteiger partial charge in [0.25, 0.3) is 0 Å². The van der Waals surface area contributed by atoms with E-state index >= 15 is 0 Å². The summed E-state index contributed by atoms with van der Waals surface area (Å²) in [4.78, 5) is 19.4. The number of fused-ring (bicyclic) bond motifs is 1. The van der Waals surface area contributed by atoms with Crippen LogP contribution in [-0.4, -0.2) is 29.1 Å². The Bertz CT molecular complexity index is 947. The zero-order chi connectivity index (χ0) is 18.1. The van der Waals surface area contributed by atoms with Gasteiger partial charge in [-0.3, -0.25) is 4.79 Å². The molecule has 0 saturated carbocycles. The molecule has 1 atom stereocenters. The normalized spacial score (nSPS) is 17.2. The molecular weight excluding hydrogens is 326 g/mol. The standard InChI is InChI=1S/C21H23N3O2/c1-3-11-23-19-10-5-4-9-18(19)22-21(23)15-12-20(25)24(14-15)16-7-6-8-17(13-16)26-2/h4-10,13,15H,3,11-12,14H2,1-2H3/t15-/m1/s1. The van der Waals surface area contributed by atoms with E-state index < -0.39 is 0 Å². The van der Waals surface area contributed by atoms with Gasteiger partial charge in [-0.25, -0.2) is 4.98 Å². The van der Waals surface area contributed by atoms with Gasteiger partial charge in [0.1, 0.15) is 11.6 Å². The van der Waals surface area contributed by atoms with E-state index in [1.54, 1.807) is 7.11 Å². The number of hydrogen-bond donors (Lipinski definition) is 0. The van der Waals surface area contributed by atoms with Crippen LogP contribution < -0.4 is 9.64 Å². The third kappa shape index (κ3) is 2.83. The van der Waals surface area contributed by atoms with Crippen LogP contribution in [0.1, 0.15) is 31.5 Å². The SMILES string of the molecule is CCCn1c([C@@H]2CC(=O)N(c3cccc(OC)c3)C2)nc2ccccc21. The first-order chi connectivity index (χ1) is 12.7. The Labute approximate surface area is 153 Å². The van der Waals surface area contributed by atoms with Crippen molar-refractivity contribution in [2.24, 2.45) is 0 Å². The first-order valence-electron chi connectivity index (χ1n) is 9.11. The number of benzene rings is 2. The average molecular weight is 349 g/mol. The highest BCUT2D eigenvalue weighted by molar-refractivity contribution is 5.96. The predicted octanol–water partition coefficient (Wildman–Crippen LogP) is 3.98. The predicted molar refractivity (Wildman–Crippen MR) is 103 cm³/mol. The van der Waals surface area contributed by atoms with Crippen molar-refractivity contribution in [2.45, 2.75) is 32.2 Å². The van der Waals surface area contributed by atoms with Gasteiger partial charge in [-0.15, -0.1) is 0 Å². The molecule has 0 N–H and O–H groups in total. The summed E-state index contributed by atoms with van der Waals surface area (Å²) in [5.41, 5.74) is 3.04. The van der Waals surface area contributed by atoms with Gasteiger partial charge in [0, 0.05) is 37.2 Å². The molecule has 0 aliphatic carbocycles. The van der Waals surface area contributed by atoms with Gasteiger partial charge in [0.05, 0.1) is 18.1 Å². The number of hydrogen-bond acceptors (Lipinski definition) is 3. The first-order valence-corrected chi connectivity index (χ1v) is 9.11. The van der Waals surface area contributed by atoms with Crippen molar-refractivity contribution in [3.05, 3.63) is 54.4 Å². The molecule has 0 radical (unpaired) electrons. The highest BCUT2D eigenvalue weighted by atomic mass is 16.5. The van der Waals surface area contributed by atoms with E-state index in [-0.39, 0.29) is 11.8 Å². The maximum Gasteiger partial charge on any atom is 0.227 e. The van der Waals surface area contributed by atoms with Crippen molar-refractivity contribution in [1.29, 1.82) is 0 Å². The second-order valence-electron chi connectivity index (χ2n) is 6.72. The number of methoxy groups -OCH3 is 1. The Hall–Kier alpha value is -2.82. The van der Waals surface area contributed by atoms with Crippen molar-refractivity contribution in [1.82, 2.24) is 9.55 Å². The molecule has 1 fully saturated rings. The molecule has 4 rings (SSSR count). The number of ether oxygens (including phenoxy) is 1. The van der Waals surface area contributed by atoms with E-state index in [0.29, 0.717) is 13.0 Å². The van der Waals surface area contributed by atoms with Crippen LogP contribution in [0.15, 0.2) is 48.5 Å². The van der Waals surface area contributed by atoms with Crippen LogP contribution in [0, 0.1) is 0 Å². The summed E-state index contributed by atoms with van der Waals surface area (Å²) in [6.07, 6.45) is 1.53. The molecule has 1 saturated heterocycles. The Balaban J connectivity index is 1.68. The monoisotopic (exact) mass is 349 g/mol. The van der Waals surface area contributed by atoms with Crippen LogP contribution in [0.25, 0.3) is 11.0 Å². The summed E-state index contributed by atoms with van der Waals surface area (Å²) in [5, 5.41) is 0. The van der Waals surface area contributed by atoms with E-state index in [2.05, 4.69) is 17.6 Å². The number of nitrogens with zero attached hydrogens (tertiary/aromatic N) is 3. The number of carbonyl (C=O) groups is 1. The van der Waals surface area contributed by atoms with Crippen LogP contribution in [0.2, 0.25) is 0 Å². The fourth-order valence-electron chi connectivity index (χ4n) is 3.77. The molecule has 26 heavy (non-hydrogen) atoms. The summed E-state index contributed by atoms with van der Waals surface area (Å²) in [5.74, 6) is 2.02. The van der Waals surface area contributed by atoms with Crippen LogP contribution in [0.4, 0.5) is 5.69 Å². The Morgan fingerprint density at radius 2 is 2.04 bits per heavy atom. The lowest BCUT2D eigenvalue weighted by Gasteiger charge is -2.18. The van der Waals surface area contributed by atoms with Crippen LogP contribution >= 0.6 is 0 Å². The van der Waals surface area contributed by atoms with Gasteiger partial charge < -0.3 is 14.2 Å². The summed E-state index contributed by atoms with van der Waals surface area (Å²) in [6.45, 7) is 3.74. The van der Waals surface area contributed by atoms with Gasteiger partial charge >= 0.3 is 0 Å². The molecule has 0 unspecified atom stereocenters. The zero-order valence-corrected chi connectivity index (χ0v) is 15.2. The molecular formula is C21H23N3O2. The minimum absolute atomic E-state index is 0.104. The molecule has 134 valence electrons. The number of rotatable bonds is 5. The highest BCUT2D eigenvalue weighted by Gasteiger charge is 2.34. The zero-order valence-electron chi connectivity index (χ0n) is 15.2. The molecule has 5 heteroatoms. The number of imidazole rings is 1. The van der Waals surface area contributed by atoms with Gasteiger partial charge in [0.2, 0.25) is 5.91 Å². The average Bonchev–Trinajstić information content (AvgIpc) is 3.23. The van der Waals surface area contributed by atoms with Gasteiger partial charge in [-0.2, -0.15) is 0 Å². The second-order valence-corrected chi connectivity index (χ2v) is 6.72. The molecule has 3 aromatic rings. The lowest BCUT2D eigenvalue weighted by molar-refractivity contribution is -0.117. The topological polar surface area (TPSA) is 47.4 Å². The molecule has 2 heterocycles. The molecule has 1 aromatic heterocycles. The van der Waals surface area contributed by atoms with E-state index in [1.165, 1.54) is 0 Å². The van der Waals surface area contributed by atoms with Crippen molar-refractivity contribution < 1.29 is 9.53 Å². The van der Waals surface area contributed by atoms with Crippen LogP contribution in [0.3, 0.4) is 0 Å². The van der Waals surface area contributed by atoms with Crippen molar-refractivity contribution in [3.8, 4) is 5.75 Å². The lowest BCUT2D eigenvalue weighted by atomic mass is 10.1. The molecule has 0 spiro atoms. The lowest BCUT2D eigenvalue weighted by Crippen LogP contribution is -2.24. The number of para-hydroxylation sites is 2. The molecule has 1 aliphatic heterocycles. The van der Waals surface area contributed by atoms with Crippen molar-refractivity contribution in [2.75, 3.05) is 18.6 Å². The van der Waals surface area contributed by atoms with Crippen molar-refractivity contribution in [3.63, 3.8) is 0 Å². The molecule has 5 nitrogen and oxygen atoms in total. The van der Waals surface area contributed by atoms with E-state index in [1.807, 2.05) is 47.4 Å². The van der Waals surface area contributed by atoms with Gasteiger partial charge in [-0.05, 0) is 30.7 Å². The fraction of sp³-hybridized carbons (Fsp3) is 0.333. The molecule has 1 amide bonds. The second kappa shape index (κ2) is 6.83. The Morgan fingerprint density at radius 1 is 1.19 bits per heavy atom. The minimum Gasteiger partial charge on any atom is -0.497 e. The largest absolute Gasteiger partial charge is 0.497 e. The number of aryl methyl sites for hydroxylation is 1. The summed E-state index contributed by atoms with van der Waals surface area (Å²) >= 11 is 0. The molecule has 1 aliphatic rings. The Kier molecular flexibility index (Phi) is 4.37. The summed E-state index contributed by atoms with van der Waals surface area (Å²) < 4.78 is 7.58. The smallest absolute Gasteiger partial charge is 0.227 e. The van der Waals surface area contributed by atoms with Crippen LogP contribution in [0.5, 0.6) is 5.75 Å². The van der Waals surface area contributed by atoms with Crippen LogP contribution in [-0.2, 0) is 11.3 Å². The minimum atomic E-state index is 0.104. The number of carbonyl (C=O) groups excluding carboxylic acids is 1.